The molecule has 1 heterocycles. The van der Waals surface area contributed by atoms with Crippen LogP contribution in [0.25, 0.3) is 0 Å². The highest BCUT2D eigenvalue weighted by atomic mass is 79.9. The zero-order chi connectivity index (χ0) is 8.48. The Morgan fingerprint density at radius 1 is 1.36 bits per heavy atom. The number of nitrogens with zero attached hydrogens (tertiary/aromatic N) is 2. The highest BCUT2D eigenvalue weighted by Crippen LogP contribution is 2.12. The van der Waals surface area contributed by atoms with Gasteiger partial charge in [0.15, 0.2) is 0 Å². The van der Waals surface area contributed by atoms with Crippen molar-refractivity contribution >= 4 is 15.9 Å². The van der Waals surface area contributed by atoms with Crippen LogP contribution in [-0.4, -0.2) is 9.97 Å². The monoisotopic (exact) mass is 215 g/mol. The third-order valence-electron chi connectivity index (χ3n) is 1.20. The van der Waals surface area contributed by atoms with Gasteiger partial charge in [0.2, 0.25) is 0 Å². The lowest BCUT2D eigenvalue weighted by molar-refractivity contribution is 0.513. The number of nitrogens with two attached hydrogens (primary N) is 1. The molecule has 0 saturated heterocycles. The molecule has 0 aromatic carbocycles. The quantitative estimate of drug-likeness (QED) is 0.772. The van der Waals surface area contributed by atoms with E-state index in [4.69, 9.17) is 5.73 Å². The SMILES string of the molecule is CC(C)(N)c1ncc(Br)cn1. The minimum absolute atomic E-state index is 0.458. The van der Waals surface area contributed by atoms with Gasteiger partial charge in [-0.25, -0.2) is 9.97 Å². The topological polar surface area (TPSA) is 51.8 Å². The molecular formula is C7H10BrN3. The van der Waals surface area contributed by atoms with Gasteiger partial charge in [0.05, 0.1) is 10.0 Å². The van der Waals surface area contributed by atoms with E-state index in [9.17, 15) is 0 Å². The van der Waals surface area contributed by atoms with Crippen molar-refractivity contribution in [2.24, 2.45) is 5.73 Å². The van der Waals surface area contributed by atoms with Crippen LogP contribution in [0.1, 0.15) is 19.7 Å². The Morgan fingerprint density at radius 2 is 1.82 bits per heavy atom. The predicted octanol–water partition coefficient (Wildman–Crippen LogP) is 1.43. The van der Waals surface area contributed by atoms with Crippen LogP contribution in [0.5, 0.6) is 0 Å². The van der Waals surface area contributed by atoms with Gasteiger partial charge in [-0.2, -0.15) is 0 Å². The van der Waals surface area contributed by atoms with Crippen molar-refractivity contribution in [3.63, 3.8) is 0 Å². The Hall–Kier alpha value is -0.480. The molecular weight excluding hydrogens is 206 g/mol. The molecule has 0 bridgehead atoms. The van der Waals surface area contributed by atoms with Crippen LogP contribution >= 0.6 is 15.9 Å². The van der Waals surface area contributed by atoms with Gasteiger partial charge in [-0.3, -0.25) is 0 Å². The maximum absolute atomic E-state index is 5.77. The maximum atomic E-state index is 5.77. The molecule has 2 N–H and O–H groups in total. The summed E-state index contributed by atoms with van der Waals surface area (Å²) in [5.74, 6) is 0.653. The van der Waals surface area contributed by atoms with E-state index >= 15 is 0 Å². The zero-order valence-corrected chi connectivity index (χ0v) is 8.09. The number of hydrogen-bond donors (Lipinski definition) is 1. The lowest BCUT2D eigenvalue weighted by Gasteiger charge is -2.15. The molecule has 1 rings (SSSR count). The molecule has 0 aliphatic heterocycles. The van der Waals surface area contributed by atoms with E-state index in [1.807, 2.05) is 13.8 Å². The molecule has 1 aromatic heterocycles. The Balaban J connectivity index is 2.99. The molecule has 0 amide bonds. The molecule has 0 saturated carbocycles. The minimum atomic E-state index is -0.458. The predicted molar refractivity (Wildman–Crippen MR) is 46.9 cm³/mol. The van der Waals surface area contributed by atoms with E-state index < -0.39 is 5.54 Å². The van der Waals surface area contributed by atoms with Crippen molar-refractivity contribution in [1.82, 2.24) is 9.97 Å². The first kappa shape index (κ1) is 8.62. The molecule has 0 aliphatic carbocycles. The number of hydrogen-bond acceptors (Lipinski definition) is 3. The van der Waals surface area contributed by atoms with Crippen LogP contribution in [-0.2, 0) is 5.54 Å². The Kier molecular flexibility index (Phi) is 2.25. The van der Waals surface area contributed by atoms with Gasteiger partial charge in [0.1, 0.15) is 5.82 Å². The molecule has 0 radical (unpaired) electrons. The van der Waals surface area contributed by atoms with Gasteiger partial charge in [-0.1, -0.05) is 0 Å². The van der Waals surface area contributed by atoms with Crippen molar-refractivity contribution in [3.05, 3.63) is 22.7 Å². The van der Waals surface area contributed by atoms with Crippen molar-refractivity contribution < 1.29 is 0 Å². The third-order valence-corrected chi connectivity index (χ3v) is 1.61. The summed E-state index contributed by atoms with van der Waals surface area (Å²) < 4.78 is 0.866. The second kappa shape index (κ2) is 2.87. The summed E-state index contributed by atoms with van der Waals surface area (Å²) >= 11 is 3.25. The first-order valence-electron chi connectivity index (χ1n) is 3.27. The zero-order valence-electron chi connectivity index (χ0n) is 6.50. The maximum Gasteiger partial charge on any atom is 0.147 e. The van der Waals surface area contributed by atoms with Gasteiger partial charge in [-0.15, -0.1) is 0 Å². The van der Waals surface area contributed by atoms with Gasteiger partial charge in [0, 0.05) is 12.4 Å². The molecule has 11 heavy (non-hydrogen) atoms. The van der Waals surface area contributed by atoms with Crippen LogP contribution in [0, 0.1) is 0 Å². The van der Waals surface area contributed by atoms with E-state index in [0.29, 0.717) is 5.82 Å². The highest BCUT2D eigenvalue weighted by molar-refractivity contribution is 9.10. The van der Waals surface area contributed by atoms with Crippen molar-refractivity contribution in [2.75, 3.05) is 0 Å². The van der Waals surface area contributed by atoms with Gasteiger partial charge in [-0.05, 0) is 29.8 Å². The van der Waals surface area contributed by atoms with E-state index in [-0.39, 0.29) is 0 Å². The average molecular weight is 216 g/mol. The van der Waals surface area contributed by atoms with Gasteiger partial charge >= 0.3 is 0 Å². The first-order valence-corrected chi connectivity index (χ1v) is 4.06. The van der Waals surface area contributed by atoms with E-state index in [1.165, 1.54) is 0 Å². The summed E-state index contributed by atoms with van der Waals surface area (Å²) in [6.07, 6.45) is 3.38. The molecule has 4 heteroatoms. The summed E-state index contributed by atoms with van der Waals surface area (Å²) in [6.45, 7) is 3.74. The Bertz CT molecular complexity index is 237. The molecule has 1 aromatic rings. The Labute approximate surface area is 74.2 Å². The highest BCUT2D eigenvalue weighted by Gasteiger charge is 2.16. The molecule has 0 aliphatic rings. The lowest BCUT2D eigenvalue weighted by atomic mass is 10.1. The van der Waals surface area contributed by atoms with Crippen LogP contribution in [0.3, 0.4) is 0 Å². The first-order chi connectivity index (χ1) is 5.00. The normalized spacial score (nSPS) is 11.6. The summed E-state index contributed by atoms with van der Waals surface area (Å²) in [5.41, 5.74) is 5.31. The minimum Gasteiger partial charge on any atom is -0.319 e. The summed E-state index contributed by atoms with van der Waals surface area (Å²) in [5, 5.41) is 0. The second-order valence-corrected chi connectivity index (χ2v) is 3.86. The van der Waals surface area contributed by atoms with Gasteiger partial charge < -0.3 is 5.73 Å². The van der Waals surface area contributed by atoms with Crippen molar-refractivity contribution in [2.45, 2.75) is 19.4 Å². The van der Waals surface area contributed by atoms with Crippen LogP contribution in [0.15, 0.2) is 16.9 Å². The summed E-state index contributed by atoms with van der Waals surface area (Å²) in [6, 6.07) is 0. The third kappa shape index (κ3) is 2.24. The smallest absolute Gasteiger partial charge is 0.147 e. The number of rotatable bonds is 1. The van der Waals surface area contributed by atoms with E-state index in [1.54, 1.807) is 12.4 Å². The van der Waals surface area contributed by atoms with Gasteiger partial charge in [0.25, 0.3) is 0 Å². The van der Waals surface area contributed by atoms with E-state index in [0.717, 1.165) is 4.47 Å². The summed E-state index contributed by atoms with van der Waals surface area (Å²) in [4.78, 5) is 8.13. The summed E-state index contributed by atoms with van der Waals surface area (Å²) in [7, 11) is 0. The molecule has 60 valence electrons. The van der Waals surface area contributed by atoms with Crippen LogP contribution in [0.2, 0.25) is 0 Å². The molecule has 0 fully saturated rings. The number of halogens is 1. The van der Waals surface area contributed by atoms with Crippen molar-refractivity contribution in [1.29, 1.82) is 0 Å². The van der Waals surface area contributed by atoms with Crippen LogP contribution in [0.4, 0.5) is 0 Å². The standard InChI is InChI=1S/C7H10BrN3/c1-7(2,9)6-10-3-5(8)4-11-6/h3-4H,9H2,1-2H3. The van der Waals surface area contributed by atoms with Crippen molar-refractivity contribution in [3.8, 4) is 0 Å². The van der Waals surface area contributed by atoms with Crippen LogP contribution < -0.4 is 5.73 Å². The molecule has 0 unspecified atom stereocenters. The number of aromatic nitrogens is 2. The Morgan fingerprint density at radius 3 is 2.18 bits per heavy atom. The fourth-order valence-corrected chi connectivity index (χ4v) is 0.850. The fourth-order valence-electron chi connectivity index (χ4n) is 0.645. The second-order valence-electron chi connectivity index (χ2n) is 2.95. The van der Waals surface area contributed by atoms with E-state index in [2.05, 4.69) is 25.9 Å². The average Bonchev–Trinajstić information content (AvgIpc) is 1.86. The fraction of sp³-hybridized carbons (Fsp3) is 0.429. The molecule has 3 nitrogen and oxygen atoms in total. The largest absolute Gasteiger partial charge is 0.319 e. The lowest BCUT2D eigenvalue weighted by Crippen LogP contribution is -2.31. The molecule has 0 atom stereocenters. The molecule has 0 spiro atoms.